The van der Waals surface area contributed by atoms with Crippen LogP contribution in [0.3, 0.4) is 0 Å². The molecule has 1 heterocycles. The van der Waals surface area contributed by atoms with Crippen molar-refractivity contribution in [2.75, 3.05) is 58.8 Å². The molecule has 1 aliphatic rings. The zero-order chi connectivity index (χ0) is 21.4. The van der Waals surface area contributed by atoms with Crippen LogP contribution in [0.1, 0.15) is 27.2 Å². The molecule has 2 N–H and O–H groups in total. The van der Waals surface area contributed by atoms with Crippen molar-refractivity contribution in [3.05, 3.63) is 18.2 Å². The Morgan fingerprint density at radius 1 is 0.966 bits per heavy atom. The van der Waals surface area contributed by atoms with Gasteiger partial charge in [0.05, 0.1) is 33.0 Å². The molecule has 0 saturated carbocycles. The lowest BCUT2D eigenvalue weighted by atomic mass is 10.1. The minimum atomic E-state index is -0.228. The molecule has 1 aromatic rings. The summed E-state index contributed by atoms with van der Waals surface area (Å²) < 4.78 is 10.5. The highest BCUT2D eigenvalue weighted by atomic mass is 16.5. The van der Waals surface area contributed by atoms with Gasteiger partial charge >= 0.3 is 0 Å². The van der Waals surface area contributed by atoms with Crippen LogP contribution in [0.4, 0.5) is 5.69 Å². The van der Waals surface area contributed by atoms with Gasteiger partial charge in [-0.05, 0) is 52.4 Å². The predicted octanol–water partition coefficient (Wildman–Crippen LogP) is 1.56. The van der Waals surface area contributed by atoms with E-state index in [-0.39, 0.29) is 17.4 Å². The molecule has 8 nitrogen and oxygen atoms in total. The molecule has 1 saturated heterocycles. The quantitative estimate of drug-likeness (QED) is 0.715. The number of ether oxygens (including phenoxy) is 2. The summed E-state index contributed by atoms with van der Waals surface area (Å²) in [5, 5.41) is 5.91. The van der Waals surface area contributed by atoms with E-state index in [4.69, 9.17) is 9.47 Å². The van der Waals surface area contributed by atoms with Gasteiger partial charge in [-0.2, -0.15) is 0 Å². The van der Waals surface area contributed by atoms with Crippen LogP contribution in [-0.2, 0) is 9.59 Å². The van der Waals surface area contributed by atoms with Gasteiger partial charge in [0.15, 0.2) is 0 Å². The van der Waals surface area contributed by atoms with Crippen LogP contribution < -0.4 is 20.1 Å². The summed E-state index contributed by atoms with van der Waals surface area (Å²) in [5.41, 5.74) is 0.362. The van der Waals surface area contributed by atoms with E-state index < -0.39 is 0 Å². The standard InChI is InChI=1S/C21H34N4O4/c1-21(2,3)23-20(27)15-25-10-6-9-24(11-12-25)14-19(26)22-17-13-16(28-4)7-8-18(17)29-5/h7-8,13H,6,9-12,14-15H2,1-5H3,(H,22,26)(H,23,27). The molecule has 29 heavy (non-hydrogen) atoms. The lowest BCUT2D eigenvalue weighted by molar-refractivity contribution is -0.123. The number of rotatable bonds is 7. The Morgan fingerprint density at radius 3 is 2.14 bits per heavy atom. The summed E-state index contributed by atoms with van der Waals surface area (Å²) in [7, 11) is 3.15. The molecular formula is C21H34N4O4. The van der Waals surface area contributed by atoms with Crippen molar-refractivity contribution in [3.8, 4) is 11.5 Å². The van der Waals surface area contributed by atoms with E-state index in [0.29, 0.717) is 30.3 Å². The first-order valence-corrected chi connectivity index (χ1v) is 9.98. The minimum Gasteiger partial charge on any atom is -0.497 e. The molecule has 2 rings (SSSR count). The molecule has 2 amide bonds. The summed E-state index contributed by atoms with van der Waals surface area (Å²) in [5.74, 6) is 1.18. The highest BCUT2D eigenvalue weighted by Crippen LogP contribution is 2.28. The Labute approximate surface area is 173 Å². The topological polar surface area (TPSA) is 83.1 Å². The van der Waals surface area contributed by atoms with Crippen LogP contribution in [0.5, 0.6) is 11.5 Å². The Morgan fingerprint density at radius 2 is 1.59 bits per heavy atom. The number of carbonyl (C=O) groups is 2. The molecule has 1 aliphatic heterocycles. The Balaban J connectivity index is 1.85. The van der Waals surface area contributed by atoms with Crippen molar-refractivity contribution in [2.24, 2.45) is 0 Å². The van der Waals surface area contributed by atoms with Gasteiger partial charge in [0.2, 0.25) is 11.8 Å². The lowest BCUT2D eigenvalue weighted by Crippen LogP contribution is -2.46. The van der Waals surface area contributed by atoms with Crippen molar-refractivity contribution in [1.29, 1.82) is 0 Å². The molecule has 0 unspecified atom stereocenters. The monoisotopic (exact) mass is 406 g/mol. The number of carbonyl (C=O) groups excluding carboxylic acids is 2. The first-order chi connectivity index (χ1) is 13.7. The Kier molecular flexibility index (Phi) is 8.28. The Bertz CT molecular complexity index is 702. The number of nitrogens with one attached hydrogen (secondary N) is 2. The second-order valence-electron chi connectivity index (χ2n) is 8.32. The van der Waals surface area contributed by atoms with Gasteiger partial charge in [-0.1, -0.05) is 0 Å². The summed E-state index contributed by atoms with van der Waals surface area (Å²) >= 11 is 0. The Hall–Kier alpha value is -2.32. The second-order valence-corrected chi connectivity index (χ2v) is 8.32. The zero-order valence-corrected chi connectivity index (χ0v) is 18.2. The van der Waals surface area contributed by atoms with Crippen LogP contribution in [0.25, 0.3) is 0 Å². The third kappa shape index (κ3) is 7.91. The summed E-state index contributed by atoms with van der Waals surface area (Å²) in [6.45, 7) is 9.78. The molecule has 0 atom stereocenters. The molecule has 1 fully saturated rings. The molecule has 0 spiro atoms. The van der Waals surface area contributed by atoms with Crippen LogP contribution in [-0.4, -0.2) is 80.6 Å². The predicted molar refractivity (Wildman–Crippen MR) is 114 cm³/mol. The number of amides is 2. The first-order valence-electron chi connectivity index (χ1n) is 9.98. The maximum atomic E-state index is 12.5. The van der Waals surface area contributed by atoms with Crippen LogP contribution in [0.15, 0.2) is 18.2 Å². The molecule has 162 valence electrons. The van der Waals surface area contributed by atoms with E-state index in [9.17, 15) is 9.59 Å². The van der Waals surface area contributed by atoms with Crippen molar-refractivity contribution in [1.82, 2.24) is 15.1 Å². The fourth-order valence-electron chi connectivity index (χ4n) is 3.31. The van der Waals surface area contributed by atoms with Gasteiger partial charge in [-0.3, -0.25) is 19.4 Å². The van der Waals surface area contributed by atoms with Crippen molar-refractivity contribution >= 4 is 17.5 Å². The van der Waals surface area contributed by atoms with E-state index in [1.165, 1.54) is 0 Å². The molecule has 0 radical (unpaired) electrons. The van der Waals surface area contributed by atoms with Crippen LogP contribution in [0.2, 0.25) is 0 Å². The van der Waals surface area contributed by atoms with Crippen molar-refractivity contribution < 1.29 is 19.1 Å². The third-order valence-corrected chi connectivity index (χ3v) is 4.61. The number of benzene rings is 1. The highest BCUT2D eigenvalue weighted by Gasteiger charge is 2.21. The normalized spacial score (nSPS) is 16.0. The van der Waals surface area contributed by atoms with Gasteiger partial charge in [0.25, 0.3) is 0 Å². The highest BCUT2D eigenvalue weighted by molar-refractivity contribution is 5.94. The average Bonchev–Trinajstić information content (AvgIpc) is 2.85. The average molecular weight is 407 g/mol. The van der Waals surface area contributed by atoms with Crippen molar-refractivity contribution in [2.45, 2.75) is 32.7 Å². The zero-order valence-electron chi connectivity index (χ0n) is 18.2. The van der Waals surface area contributed by atoms with E-state index in [1.807, 2.05) is 20.8 Å². The fraction of sp³-hybridized carbons (Fsp3) is 0.619. The lowest BCUT2D eigenvalue weighted by Gasteiger charge is -2.25. The molecule has 1 aromatic carbocycles. The molecule has 0 bridgehead atoms. The summed E-state index contributed by atoms with van der Waals surface area (Å²) in [4.78, 5) is 29.0. The number of hydrogen-bond acceptors (Lipinski definition) is 6. The number of hydrogen-bond donors (Lipinski definition) is 2. The SMILES string of the molecule is COc1ccc(OC)c(NC(=O)CN2CCCN(CC(=O)NC(C)(C)C)CC2)c1. The van der Waals surface area contributed by atoms with Crippen LogP contribution >= 0.6 is 0 Å². The van der Waals surface area contributed by atoms with Gasteiger partial charge < -0.3 is 20.1 Å². The van der Waals surface area contributed by atoms with Gasteiger partial charge in [0.1, 0.15) is 11.5 Å². The van der Waals surface area contributed by atoms with E-state index >= 15 is 0 Å². The van der Waals surface area contributed by atoms with Crippen molar-refractivity contribution in [3.63, 3.8) is 0 Å². The van der Waals surface area contributed by atoms with Crippen LogP contribution in [0, 0.1) is 0 Å². The maximum absolute atomic E-state index is 12.5. The number of methoxy groups -OCH3 is 2. The van der Waals surface area contributed by atoms with Gasteiger partial charge in [-0.25, -0.2) is 0 Å². The van der Waals surface area contributed by atoms with E-state index in [1.54, 1.807) is 32.4 Å². The number of nitrogens with zero attached hydrogens (tertiary/aromatic N) is 2. The summed E-state index contributed by atoms with van der Waals surface area (Å²) in [6, 6.07) is 5.29. The third-order valence-electron chi connectivity index (χ3n) is 4.61. The molecular weight excluding hydrogens is 372 g/mol. The first kappa shape index (κ1) is 23.0. The fourth-order valence-corrected chi connectivity index (χ4v) is 3.31. The largest absolute Gasteiger partial charge is 0.497 e. The smallest absolute Gasteiger partial charge is 0.238 e. The van der Waals surface area contributed by atoms with E-state index in [2.05, 4.69) is 20.4 Å². The van der Waals surface area contributed by atoms with E-state index in [0.717, 1.165) is 32.6 Å². The summed E-state index contributed by atoms with van der Waals surface area (Å²) in [6.07, 6.45) is 0.915. The molecule has 8 heteroatoms. The second kappa shape index (κ2) is 10.5. The maximum Gasteiger partial charge on any atom is 0.238 e. The van der Waals surface area contributed by atoms with Gasteiger partial charge in [0, 0.05) is 24.7 Å². The molecule has 0 aromatic heterocycles. The van der Waals surface area contributed by atoms with Gasteiger partial charge in [-0.15, -0.1) is 0 Å². The minimum absolute atomic E-state index is 0.0359. The number of anilines is 1. The molecule has 0 aliphatic carbocycles.